The lowest BCUT2D eigenvalue weighted by Gasteiger charge is -2.15. The van der Waals surface area contributed by atoms with Crippen LogP contribution in [0, 0.1) is 11.8 Å². The Morgan fingerprint density at radius 1 is 1.35 bits per heavy atom. The molecule has 0 bridgehead atoms. The van der Waals surface area contributed by atoms with E-state index in [1.54, 1.807) is 13.1 Å². The van der Waals surface area contributed by atoms with Crippen LogP contribution in [0.4, 0.5) is 5.82 Å². The van der Waals surface area contributed by atoms with E-state index in [1.807, 2.05) is 17.0 Å². The van der Waals surface area contributed by atoms with E-state index in [4.69, 9.17) is 0 Å². The van der Waals surface area contributed by atoms with Gasteiger partial charge in [-0.2, -0.15) is 0 Å². The van der Waals surface area contributed by atoms with Gasteiger partial charge in [-0.15, -0.1) is 0 Å². The summed E-state index contributed by atoms with van der Waals surface area (Å²) in [5.41, 5.74) is 0.526. The Hall–Kier alpha value is -1.58. The van der Waals surface area contributed by atoms with Gasteiger partial charge in [0, 0.05) is 20.1 Å². The average Bonchev–Trinajstić information content (AvgIpc) is 2.69. The van der Waals surface area contributed by atoms with Crippen LogP contribution in [-0.2, 0) is 0 Å². The lowest BCUT2D eigenvalue weighted by atomic mass is 10.0. The summed E-state index contributed by atoms with van der Waals surface area (Å²) >= 11 is 0. The number of nitrogens with zero attached hydrogens (tertiary/aromatic N) is 2. The largest absolute Gasteiger partial charge is 0.373 e. The van der Waals surface area contributed by atoms with Crippen molar-refractivity contribution in [3.05, 3.63) is 23.9 Å². The predicted molar refractivity (Wildman–Crippen MR) is 68.0 cm³/mol. The highest BCUT2D eigenvalue weighted by Gasteiger charge is 2.30. The van der Waals surface area contributed by atoms with Crippen molar-refractivity contribution in [2.75, 3.05) is 25.5 Å². The van der Waals surface area contributed by atoms with Crippen molar-refractivity contribution in [1.82, 2.24) is 9.88 Å². The normalized spacial score (nSPS) is 23.8. The van der Waals surface area contributed by atoms with Crippen molar-refractivity contribution < 1.29 is 4.79 Å². The highest BCUT2D eigenvalue weighted by atomic mass is 16.2. The molecule has 2 atom stereocenters. The standard InChI is InChI=1S/C13H19N3O/c1-9-7-16(8-10(9)2)13(17)11-5-4-6-12(14-3)15-11/h4-6,9-10H,7-8H2,1-3H3,(H,14,15). The summed E-state index contributed by atoms with van der Waals surface area (Å²) < 4.78 is 0. The number of hydrogen-bond acceptors (Lipinski definition) is 3. The third kappa shape index (κ3) is 2.40. The molecule has 4 heteroatoms. The van der Waals surface area contributed by atoms with Crippen molar-refractivity contribution in [3.63, 3.8) is 0 Å². The van der Waals surface area contributed by atoms with Crippen LogP contribution in [0.1, 0.15) is 24.3 Å². The second kappa shape index (κ2) is 4.73. The quantitative estimate of drug-likeness (QED) is 0.848. The fourth-order valence-electron chi connectivity index (χ4n) is 2.15. The number of rotatable bonds is 2. The van der Waals surface area contributed by atoms with Gasteiger partial charge in [0.1, 0.15) is 11.5 Å². The van der Waals surface area contributed by atoms with Gasteiger partial charge in [0.2, 0.25) is 0 Å². The molecule has 92 valence electrons. The molecule has 0 radical (unpaired) electrons. The van der Waals surface area contributed by atoms with Crippen LogP contribution in [0.3, 0.4) is 0 Å². The molecule has 1 fully saturated rings. The van der Waals surface area contributed by atoms with Crippen molar-refractivity contribution >= 4 is 11.7 Å². The number of anilines is 1. The summed E-state index contributed by atoms with van der Waals surface area (Å²) in [6.07, 6.45) is 0. The van der Waals surface area contributed by atoms with Crippen molar-refractivity contribution in [2.24, 2.45) is 11.8 Å². The first-order valence-corrected chi connectivity index (χ1v) is 6.06. The SMILES string of the molecule is CNc1cccc(C(=O)N2CC(C)C(C)C2)n1. The minimum atomic E-state index is 0.0401. The summed E-state index contributed by atoms with van der Waals surface area (Å²) in [4.78, 5) is 18.4. The summed E-state index contributed by atoms with van der Waals surface area (Å²) in [6, 6.07) is 5.48. The predicted octanol–water partition coefficient (Wildman–Crippen LogP) is 1.85. The van der Waals surface area contributed by atoms with Gasteiger partial charge in [-0.05, 0) is 24.0 Å². The third-order valence-electron chi connectivity index (χ3n) is 3.50. The zero-order valence-electron chi connectivity index (χ0n) is 10.6. The van der Waals surface area contributed by atoms with Crippen LogP contribution < -0.4 is 5.32 Å². The van der Waals surface area contributed by atoms with Gasteiger partial charge >= 0.3 is 0 Å². The fraction of sp³-hybridized carbons (Fsp3) is 0.538. The van der Waals surface area contributed by atoms with Gasteiger partial charge in [0.15, 0.2) is 0 Å². The van der Waals surface area contributed by atoms with E-state index in [1.165, 1.54) is 0 Å². The lowest BCUT2D eigenvalue weighted by molar-refractivity contribution is 0.0779. The summed E-state index contributed by atoms with van der Waals surface area (Å²) in [5.74, 6) is 1.92. The third-order valence-corrected chi connectivity index (χ3v) is 3.50. The van der Waals surface area contributed by atoms with E-state index in [0.717, 1.165) is 18.9 Å². The minimum absolute atomic E-state index is 0.0401. The fourth-order valence-corrected chi connectivity index (χ4v) is 2.15. The zero-order valence-corrected chi connectivity index (χ0v) is 10.6. The molecule has 1 saturated heterocycles. The van der Waals surface area contributed by atoms with Gasteiger partial charge in [-0.25, -0.2) is 4.98 Å². The maximum Gasteiger partial charge on any atom is 0.272 e. The van der Waals surface area contributed by atoms with Gasteiger partial charge in [-0.3, -0.25) is 4.79 Å². The highest BCUT2D eigenvalue weighted by Crippen LogP contribution is 2.23. The first kappa shape index (κ1) is 11.9. The molecule has 2 rings (SSSR count). The monoisotopic (exact) mass is 233 g/mol. The number of hydrogen-bond donors (Lipinski definition) is 1. The lowest BCUT2D eigenvalue weighted by Crippen LogP contribution is -2.29. The molecule has 1 N–H and O–H groups in total. The molecule has 1 aliphatic heterocycles. The maximum atomic E-state index is 12.2. The van der Waals surface area contributed by atoms with E-state index in [0.29, 0.717) is 17.5 Å². The van der Waals surface area contributed by atoms with Crippen LogP contribution in [0.25, 0.3) is 0 Å². The van der Waals surface area contributed by atoms with Crippen molar-refractivity contribution in [2.45, 2.75) is 13.8 Å². The van der Waals surface area contributed by atoms with Crippen LogP contribution in [0.2, 0.25) is 0 Å². The molecule has 1 amide bonds. The van der Waals surface area contributed by atoms with Crippen LogP contribution in [0.15, 0.2) is 18.2 Å². The molecule has 17 heavy (non-hydrogen) atoms. The summed E-state index contributed by atoms with van der Waals surface area (Å²) in [6.45, 7) is 6.06. The van der Waals surface area contributed by atoms with E-state index in [9.17, 15) is 4.79 Å². The Kier molecular flexibility index (Phi) is 3.31. The number of carbonyl (C=O) groups excluding carboxylic acids is 1. The molecule has 4 nitrogen and oxygen atoms in total. The molecule has 0 spiro atoms. The smallest absolute Gasteiger partial charge is 0.272 e. The summed E-state index contributed by atoms with van der Waals surface area (Å²) in [7, 11) is 1.80. The Balaban J connectivity index is 2.14. The number of aromatic nitrogens is 1. The van der Waals surface area contributed by atoms with Crippen LogP contribution in [-0.4, -0.2) is 35.9 Å². The van der Waals surface area contributed by atoms with Gasteiger partial charge in [-0.1, -0.05) is 19.9 Å². The average molecular weight is 233 g/mol. The molecule has 1 aromatic rings. The van der Waals surface area contributed by atoms with Gasteiger partial charge in [0.05, 0.1) is 0 Å². The van der Waals surface area contributed by atoms with Gasteiger partial charge < -0.3 is 10.2 Å². The first-order valence-electron chi connectivity index (χ1n) is 6.06. The Labute approximate surface area is 102 Å². The summed E-state index contributed by atoms with van der Waals surface area (Å²) in [5, 5.41) is 2.95. The molecular formula is C13H19N3O. The molecule has 2 unspecified atom stereocenters. The molecular weight excluding hydrogens is 214 g/mol. The van der Waals surface area contributed by atoms with E-state index in [2.05, 4.69) is 24.1 Å². The molecule has 0 aliphatic carbocycles. The van der Waals surface area contributed by atoms with Crippen molar-refractivity contribution in [3.8, 4) is 0 Å². The number of amides is 1. The Morgan fingerprint density at radius 2 is 2.00 bits per heavy atom. The second-order valence-electron chi connectivity index (χ2n) is 4.82. The topological polar surface area (TPSA) is 45.2 Å². The van der Waals surface area contributed by atoms with Crippen molar-refractivity contribution in [1.29, 1.82) is 0 Å². The Morgan fingerprint density at radius 3 is 2.59 bits per heavy atom. The Bertz CT molecular complexity index is 409. The second-order valence-corrected chi connectivity index (χ2v) is 4.82. The van der Waals surface area contributed by atoms with E-state index < -0.39 is 0 Å². The molecule has 0 saturated carbocycles. The number of pyridine rings is 1. The minimum Gasteiger partial charge on any atom is -0.373 e. The first-order chi connectivity index (χ1) is 8.11. The number of likely N-dealkylation sites (tertiary alicyclic amines) is 1. The molecule has 1 aromatic heterocycles. The number of nitrogens with one attached hydrogen (secondary N) is 1. The molecule has 0 aromatic carbocycles. The van der Waals surface area contributed by atoms with E-state index in [-0.39, 0.29) is 5.91 Å². The van der Waals surface area contributed by atoms with Crippen LogP contribution >= 0.6 is 0 Å². The molecule has 2 heterocycles. The molecule has 1 aliphatic rings. The number of carbonyl (C=O) groups is 1. The maximum absolute atomic E-state index is 12.2. The van der Waals surface area contributed by atoms with Crippen LogP contribution in [0.5, 0.6) is 0 Å². The highest BCUT2D eigenvalue weighted by molar-refractivity contribution is 5.92. The van der Waals surface area contributed by atoms with E-state index >= 15 is 0 Å². The van der Waals surface area contributed by atoms with Gasteiger partial charge in [0.25, 0.3) is 5.91 Å². The zero-order chi connectivity index (χ0) is 12.4.